The first-order chi connectivity index (χ1) is 14.2. The third-order valence-electron chi connectivity index (χ3n) is 4.47. The summed E-state index contributed by atoms with van der Waals surface area (Å²) in [5.74, 6) is -0.0732. The lowest BCUT2D eigenvalue weighted by molar-refractivity contribution is -0.121. The van der Waals surface area contributed by atoms with E-state index in [-0.39, 0.29) is 12.5 Å². The summed E-state index contributed by atoms with van der Waals surface area (Å²) in [6, 6.07) is 11.0. The summed E-state index contributed by atoms with van der Waals surface area (Å²) in [4.78, 5) is 30.7. The van der Waals surface area contributed by atoms with Crippen molar-refractivity contribution in [1.29, 1.82) is 0 Å². The number of thiophene rings is 1. The number of benzene rings is 1. The summed E-state index contributed by atoms with van der Waals surface area (Å²) in [6.07, 6.45) is 0.611. The van der Waals surface area contributed by atoms with Crippen LogP contribution in [0.2, 0.25) is 0 Å². The highest BCUT2D eigenvalue weighted by Crippen LogP contribution is 2.24. The van der Waals surface area contributed by atoms with Crippen LogP contribution in [0.1, 0.15) is 5.69 Å². The van der Waals surface area contributed by atoms with Crippen molar-refractivity contribution >= 4 is 44.6 Å². The average Bonchev–Trinajstić information content (AvgIpc) is 3.47. The van der Waals surface area contributed by atoms with Crippen LogP contribution in [0.4, 0.5) is 0 Å². The molecule has 0 radical (unpaired) electrons. The first kappa shape index (κ1) is 17.8. The van der Waals surface area contributed by atoms with E-state index in [2.05, 4.69) is 15.4 Å². The van der Waals surface area contributed by atoms with Crippen LogP contribution in [0, 0.1) is 0 Å². The zero-order valence-electron chi connectivity index (χ0n) is 15.1. The molecule has 4 heterocycles. The molecule has 8 nitrogen and oxygen atoms in total. The summed E-state index contributed by atoms with van der Waals surface area (Å²) in [5, 5.41) is 11.4. The van der Waals surface area contributed by atoms with Crippen LogP contribution in [0.3, 0.4) is 0 Å². The minimum absolute atomic E-state index is 0.0826. The lowest BCUT2D eigenvalue weighted by Crippen LogP contribution is -2.32. The van der Waals surface area contributed by atoms with E-state index in [1.165, 1.54) is 15.9 Å². The molecule has 1 amide bonds. The van der Waals surface area contributed by atoms with Crippen molar-refractivity contribution in [2.75, 3.05) is 6.54 Å². The van der Waals surface area contributed by atoms with E-state index in [0.717, 1.165) is 15.5 Å². The highest BCUT2D eigenvalue weighted by Gasteiger charge is 2.14. The normalized spacial score (nSPS) is 11.4. The molecule has 1 N–H and O–H groups in total. The molecule has 0 saturated heterocycles. The van der Waals surface area contributed by atoms with Gasteiger partial charge >= 0.3 is 5.76 Å². The first-order valence-corrected chi connectivity index (χ1v) is 10.7. The second-order valence-electron chi connectivity index (χ2n) is 6.36. The summed E-state index contributed by atoms with van der Waals surface area (Å²) >= 11 is 3.12. The van der Waals surface area contributed by atoms with Gasteiger partial charge in [-0.1, -0.05) is 18.2 Å². The third-order valence-corrected chi connectivity index (χ3v) is 6.20. The van der Waals surface area contributed by atoms with E-state index in [4.69, 9.17) is 4.42 Å². The van der Waals surface area contributed by atoms with E-state index >= 15 is 0 Å². The molecule has 1 aromatic carbocycles. The van der Waals surface area contributed by atoms with Gasteiger partial charge in [0, 0.05) is 18.3 Å². The van der Waals surface area contributed by atoms with Crippen molar-refractivity contribution in [1.82, 2.24) is 24.5 Å². The van der Waals surface area contributed by atoms with Gasteiger partial charge in [0.1, 0.15) is 6.54 Å². The Hall–Kier alpha value is -3.24. The number of amides is 1. The molecule has 0 atom stereocenters. The average molecular weight is 425 g/mol. The van der Waals surface area contributed by atoms with Crippen LogP contribution in [0.5, 0.6) is 0 Å². The minimum atomic E-state index is -0.537. The van der Waals surface area contributed by atoms with Crippen molar-refractivity contribution in [3.05, 3.63) is 63.4 Å². The van der Waals surface area contributed by atoms with Gasteiger partial charge in [-0.3, -0.25) is 9.36 Å². The molecule has 5 rings (SSSR count). The standard InChI is InChI=1S/C19H15N5O3S2/c25-16(10-23-13-4-1-2-5-14(13)27-19(23)26)20-8-7-12-11-29-18-21-17(22-24(12)18)15-6-3-9-28-15/h1-6,9,11H,7-8,10H2,(H,20,25). The highest BCUT2D eigenvalue weighted by molar-refractivity contribution is 7.15. The number of hydrogen-bond acceptors (Lipinski definition) is 7. The quantitative estimate of drug-likeness (QED) is 0.451. The molecule has 29 heavy (non-hydrogen) atoms. The number of nitrogens with one attached hydrogen (secondary N) is 1. The molecule has 0 bridgehead atoms. The van der Waals surface area contributed by atoms with Gasteiger partial charge in [0.2, 0.25) is 10.9 Å². The largest absolute Gasteiger partial charge is 0.420 e. The predicted octanol–water partition coefficient (Wildman–Crippen LogP) is 2.79. The van der Waals surface area contributed by atoms with E-state index in [1.807, 2.05) is 27.4 Å². The Morgan fingerprint density at radius 1 is 1.17 bits per heavy atom. The zero-order chi connectivity index (χ0) is 19.8. The second-order valence-corrected chi connectivity index (χ2v) is 8.14. The lowest BCUT2D eigenvalue weighted by Gasteiger charge is -2.05. The topological polar surface area (TPSA) is 94.4 Å². The number of carbonyl (C=O) groups excluding carboxylic acids is 1. The maximum Gasteiger partial charge on any atom is 0.420 e. The Balaban J connectivity index is 1.24. The molecule has 0 fully saturated rings. The van der Waals surface area contributed by atoms with Crippen molar-refractivity contribution in [2.24, 2.45) is 0 Å². The number of rotatable bonds is 6. The number of oxazole rings is 1. The van der Waals surface area contributed by atoms with Gasteiger partial charge in [-0.2, -0.15) is 4.98 Å². The van der Waals surface area contributed by atoms with Gasteiger partial charge in [-0.05, 0) is 23.6 Å². The number of carbonyl (C=O) groups is 1. The number of thiazole rings is 1. The number of fused-ring (bicyclic) bond motifs is 2. The third kappa shape index (κ3) is 3.36. The monoisotopic (exact) mass is 425 g/mol. The molecule has 0 aliphatic rings. The predicted molar refractivity (Wildman–Crippen MR) is 111 cm³/mol. The van der Waals surface area contributed by atoms with Gasteiger partial charge in [-0.15, -0.1) is 27.8 Å². The molecular formula is C19H15N5O3S2. The molecule has 5 aromatic rings. The van der Waals surface area contributed by atoms with E-state index in [1.54, 1.807) is 35.6 Å². The SMILES string of the molecule is O=C(Cn1c(=O)oc2ccccc21)NCCc1csc2nc(-c3cccs3)nn12. The van der Waals surface area contributed by atoms with Crippen LogP contribution in [0.15, 0.2) is 56.4 Å². The summed E-state index contributed by atoms with van der Waals surface area (Å²) in [6.45, 7) is 0.351. The van der Waals surface area contributed by atoms with Gasteiger partial charge < -0.3 is 9.73 Å². The maximum atomic E-state index is 12.3. The van der Waals surface area contributed by atoms with Crippen LogP contribution in [0.25, 0.3) is 26.8 Å². The van der Waals surface area contributed by atoms with Crippen molar-refractivity contribution in [3.8, 4) is 10.7 Å². The van der Waals surface area contributed by atoms with Crippen molar-refractivity contribution in [3.63, 3.8) is 0 Å². The van der Waals surface area contributed by atoms with Crippen LogP contribution < -0.4 is 11.1 Å². The lowest BCUT2D eigenvalue weighted by atomic mass is 10.3. The Bertz CT molecular complexity index is 1360. The fourth-order valence-electron chi connectivity index (χ4n) is 3.10. The Kier molecular flexibility index (Phi) is 4.49. The fourth-order valence-corrected chi connectivity index (χ4v) is 4.61. The molecule has 0 aliphatic heterocycles. The number of aromatic nitrogens is 4. The van der Waals surface area contributed by atoms with Crippen LogP contribution in [-0.2, 0) is 17.8 Å². The van der Waals surface area contributed by atoms with Gasteiger partial charge in [0.05, 0.1) is 16.1 Å². The maximum absolute atomic E-state index is 12.3. The molecule has 146 valence electrons. The van der Waals surface area contributed by atoms with Crippen molar-refractivity contribution < 1.29 is 9.21 Å². The Labute approximate surface area is 172 Å². The summed E-state index contributed by atoms with van der Waals surface area (Å²) in [7, 11) is 0. The Morgan fingerprint density at radius 2 is 2.07 bits per heavy atom. The van der Waals surface area contributed by atoms with Gasteiger partial charge in [-0.25, -0.2) is 9.31 Å². The van der Waals surface area contributed by atoms with Crippen molar-refractivity contribution in [2.45, 2.75) is 13.0 Å². The first-order valence-electron chi connectivity index (χ1n) is 8.91. The molecule has 0 saturated carbocycles. The van der Waals surface area contributed by atoms with Gasteiger partial charge in [0.15, 0.2) is 11.4 Å². The fraction of sp³-hybridized carbons (Fsp3) is 0.158. The molecular weight excluding hydrogens is 410 g/mol. The summed E-state index contributed by atoms with van der Waals surface area (Å²) < 4.78 is 8.31. The minimum Gasteiger partial charge on any atom is -0.408 e. The van der Waals surface area contributed by atoms with E-state index in [9.17, 15) is 9.59 Å². The highest BCUT2D eigenvalue weighted by atomic mass is 32.1. The smallest absolute Gasteiger partial charge is 0.408 e. The second kappa shape index (κ2) is 7.30. The number of nitrogens with zero attached hydrogens (tertiary/aromatic N) is 4. The molecule has 10 heteroatoms. The van der Waals surface area contributed by atoms with Crippen LogP contribution in [-0.4, -0.2) is 31.6 Å². The summed E-state index contributed by atoms with van der Waals surface area (Å²) in [5.41, 5.74) is 2.06. The Morgan fingerprint density at radius 3 is 2.93 bits per heavy atom. The molecule has 0 spiro atoms. The van der Waals surface area contributed by atoms with Gasteiger partial charge in [0.25, 0.3) is 0 Å². The molecule has 4 aromatic heterocycles. The van der Waals surface area contributed by atoms with Crippen LogP contribution >= 0.6 is 22.7 Å². The molecule has 0 aliphatic carbocycles. The molecule has 0 unspecified atom stereocenters. The zero-order valence-corrected chi connectivity index (χ0v) is 16.7. The number of hydrogen-bond donors (Lipinski definition) is 1. The van der Waals surface area contributed by atoms with E-state index < -0.39 is 5.76 Å². The number of para-hydroxylation sites is 2. The van der Waals surface area contributed by atoms with E-state index in [0.29, 0.717) is 29.9 Å².